The van der Waals surface area contributed by atoms with Crippen molar-refractivity contribution in [2.45, 2.75) is 19.3 Å². The van der Waals surface area contributed by atoms with E-state index in [9.17, 15) is 19.5 Å². The lowest BCUT2D eigenvalue weighted by molar-refractivity contribution is -0.117. The monoisotopic (exact) mass is 495 g/mol. The van der Waals surface area contributed by atoms with Crippen molar-refractivity contribution in [1.82, 2.24) is 9.69 Å². The van der Waals surface area contributed by atoms with Gasteiger partial charge in [0.05, 0.1) is 25.3 Å². The SMILES string of the molecule is Cc1nsc(NC(=O)CCOCCNC(=O)OCC2c3ccccc3-c3ccccc32)c1C(=O)O. The zero-order valence-electron chi connectivity index (χ0n) is 19.1. The van der Waals surface area contributed by atoms with Crippen molar-refractivity contribution in [3.8, 4) is 11.1 Å². The summed E-state index contributed by atoms with van der Waals surface area (Å²) in [6, 6.07) is 16.3. The lowest BCUT2D eigenvalue weighted by Gasteiger charge is -2.14. The number of amides is 2. The highest BCUT2D eigenvalue weighted by molar-refractivity contribution is 7.11. The summed E-state index contributed by atoms with van der Waals surface area (Å²) in [7, 11) is 0. The summed E-state index contributed by atoms with van der Waals surface area (Å²) in [5.41, 5.74) is 4.97. The van der Waals surface area contributed by atoms with Crippen molar-refractivity contribution >= 4 is 34.5 Å². The topological polar surface area (TPSA) is 127 Å². The number of ether oxygens (including phenoxy) is 2. The highest BCUT2D eigenvalue weighted by Crippen LogP contribution is 2.44. The van der Waals surface area contributed by atoms with Crippen molar-refractivity contribution < 1.29 is 29.0 Å². The number of fused-ring (bicyclic) bond motifs is 3. The molecule has 0 aliphatic heterocycles. The fourth-order valence-corrected chi connectivity index (χ4v) is 4.84. The average Bonchev–Trinajstić information content (AvgIpc) is 3.37. The number of aromatic nitrogens is 1. The molecule has 0 fully saturated rings. The Morgan fingerprint density at radius 3 is 2.34 bits per heavy atom. The fourth-order valence-electron chi connectivity index (χ4n) is 4.04. The molecule has 1 aromatic heterocycles. The molecule has 10 heteroatoms. The number of rotatable bonds is 10. The Hall–Kier alpha value is -3.76. The van der Waals surface area contributed by atoms with Crippen LogP contribution < -0.4 is 10.6 Å². The number of carbonyl (C=O) groups is 3. The minimum Gasteiger partial charge on any atom is -0.478 e. The molecule has 0 radical (unpaired) electrons. The van der Waals surface area contributed by atoms with Crippen LogP contribution in [-0.4, -0.2) is 53.8 Å². The molecular weight excluding hydrogens is 470 g/mol. The number of alkyl carbamates (subject to hydrolysis) is 1. The molecule has 1 heterocycles. The summed E-state index contributed by atoms with van der Waals surface area (Å²) >= 11 is 0.925. The molecule has 0 spiro atoms. The number of carboxylic acid groups (broad SMARTS) is 1. The standard InChI is InChI=1S/C25H25N3O6S/c1-15-22(24(30)31)23(35-28-15)27-21(29)10-12-33-13-11-26-25(32)34-14-20-18-8-4-2-6-16(18)17-7-3-5-9-19(17)20/h2-9,20H,10-14H2,1H3,(H,26,32)(H,27,29)(H,30,31). The number of hydrogen-bond acceptors (Lipinski definition) is 7. The Morgan fingerprint density at radius 2 is 1.69 bits per heavy atom. The zero-order chi connectivity index (χ0) is 24.8. The van der Waals surface area contributed by atoms with Gasteiger partial charge in [0.1, 0.15) is 17.2 Å². The first-order valence-corrected chi connectivity index (χ1v) is 11.9. The fraction of sp³-hybridized carbons (Fsp3) is 0.280. The molecule has 2 aromatic carbocycles. The molecule has 35 heavy (non-hydrogen) atoms. The highest BCUT2D eigenvalue weighted by atomic mass is 32.1. The van der Waals surface area contributed by atoms with E-state index in [1.54, 1.807) is 6.92 Å². The number of carbonyl (C=O) groups excluding carboxylic acids is 2. The Kier molecular flexibility index (Phi) is 7.74. The lowest BCUT2D eigenvalue weighted by Crippen LogP contribution is -2.29. The van der Waals surface area contributed by atoms with Gasteiger partial charge in [-0.3, -0.25) is 4.79 Å². The van der Waals surface area contributed by atoms with E-state index in [1.807, 2.05) is 24.3 Å². The van der Waals surface area contributed by atoms with Gasteiger partial charge in [-0.1, -0.05) is 48.5 Å². The van der Waals surface area contributed by atoms with E-state index in [-0.39, 0.29) is 55.2 Å². The van der Waals surface area contributed by atoms with Gasteiger partial charge in [-0.05, 0) is 40.7 Å². The van der Waals surface area contributed by atoms with Crippen molar-refractivity contribution in [2.75, 3.05) is 31.7 Å². The molecule has 0 atom stereocenters. The molecule has 182 valence electrons. The average molecular weight is 496 g/mol. The van der Waals surface area contributed by atoms with E-state index in [2.05, 4.69) is 39.3 Å². The van der Waals surface area contributed by atoms with Crippen molar-refractivity contribution in [1.29, 1.82) is 0 Å². The van der Waals surface area contributed by atoms with E-state index in [0.29, 0.717) is 5.69 Å². The molecule has 9 nitrogen and oxygen atoms in total. The van der Waals surface area contributed by atoms with Crippen LogP contribution in [0.1, 0.15) is 39.5 Å². The summed E-state index contributed by atoms with van der Waals surface area (Å²) in [5, 5.41) is 14.6. The van der Waals surface area contributed by atoms with Crippen LogP contribution in [0.15, 0.2) is 48.5 Å². The lowest BCUT2D eigenvalue weighted by atomic mass is 9.98. The molecule has 0 saturated heterocycles. The van der Waals surface area contributed by atoms with Gasteiger partial charge < -0.3 is 25.2 Å². The van der Waals surface area contributed by atoms with Crippen LogP contribution in [0.25, 0.3) is 11.1 Å². The predicted octanol–water partition coefficient (Wildman–Crippen LogP) is 4.03. The second-order valence-corrected chi connectivity index (χ2v) is 8.71. The van der Waals surface area contributed by atoms with Gasteiger partial charge in [0.2, 0.25) is 5.91 Å². The summed E-state index contributed by atoms with van der Waals surface area (Å²) in [4.78, 5) is 35.4. The third kappa shape index (κ3) is 5.67. The van der Waals surface area contributed by atoms with Gasteiger partial charge in [0.25, 0.3) is 0 Å². The molecule has 0 unspecified atom stereocenters. The first-order valence-electron chi connectivity index (χ1n) is 11.1. The second-order valence-electron chi connectivity index (χ2n) is 7.94. The molecule has 1 aliphatic carbocycles. The molecule has 3 N–H and O–H groups in total. The number of nitrogens with zero attached hydrogens (tertiary/aromatic N) is 1. The number of hydrogen-bond donors (Lipinski definition) is 3. The van der Waals surface area contributed by atoms with E-state index in [4.69, 9.17) is 9.47 Å². The van der Waals surface area contributed by atoms with Gasteiger partial charge in [-0.15, -0.1) is 0 Å². The molecule has 0 bridgehead atoms. The number of anilines is 1. The van der Waals surface area contributed by atoms with E-state index in [1.165, 1.54) is 11.1 Å². The van der Waals surface area contributed by atoms with Crippen molar-refractivity contribution in [3.63, 3.8) is 0 Å². The molecule has 0 saturated carbocycles. The Bertz CT molecular complexity index is 1200. The number of nitrogens with one attached hydrogen (secondary N) is 2. The maximum absolute atomic E-state index is 12.2. The van der Waals surface area contributed by atoms with Crippen LogP contribution in [0, 0.1) is 6.92 Å². The normalized spacial score (nSPS) is 12.0. The van der Waals surface area contributed by atoms with Crippen LogP contribution in [0.3, 0.4) is 0 Å². The number of benzene rings is 2. The molecule has 2 amide bonds. The summed E-state index contributed by atoms with van der Waals surface area (Å²) in [6.07, 6.45) is -0.490. The number of aromatic carboxylic acids is 1. The number of carboxylic acids is 1. The third-order valence-corrected chi connectivity index (χ3v) is 6.52. The minimum atomic E-state index is -1.14. The highest BCUT2D eigenvalue weighted by Gasteiger charge is 2.29. The first-order chi connectivity index (χ1) is 17.0. The quantitative estimate of drug-likeness (QED) is 0.362. The van der Waals surface area contributed by atoms with Crippen LogP contribution >= 0.6 is 11.5 Å². The summed E-state index contributed by atoms with van der Waals surface area (Å²) < 4.78 is 14.8. The Labute approximate surface area is 206 Å². The minimum absolute atomic E-state index is 0.00318. The first kappa shape index (κ1) is 24.4. The molecular formula is C25H25N3O6S. The van der Waals surface area contributed by atoms with Crippen LogP contribution in [-0.2, 0) is 14.3 Å². The van der Waals surface area contributed by atoms with Crippen LogP contribution in [0.4, 0.5) is 9.80 Å². The maximum Gasteiger partial charge on any atom is 0.407 e. The van der Waals surface area contributed by atoms with Gasteiger partial charge >= 0.3 is 12.1 Å². The number of aryl methyl sites for hydroxylation is 1. The largest absolute Gasteiger partial charge is 0.478 e. The second kappa shape index (κ2) is 11.1. The van der Waals surface area contributed by atoms with Gasteiger partial charge in [-0.2, -0.15) is 4.37 Å². The molecule has 3 aromatic rings. The maximum atomic E-state index is 12.2. The van der Waals surface area contributed by atoms with Crippen molar-refractivity contribution in [2.24, 2.45) is 0 Å². The van der Waals surface area contributed by atoms with Gasteiger partial charge in [-0.25, -0.2) is 9.59 Å². The predicted molar refractivity (Wildman–Crippen MR) is 131 cm³/mol. The zero-order valence-corrected chi connectivity index (χ0v) is 19.9. The third-order valence-electron chi connectivity index (χ3n) is 5.66. The Balaban J connectivity index is 1.14. The van der Waals surface area contributed by atoms with E-state index < -0.39 is 12.1 Å². The Morgan fingerprint density at radius 1 is 1.03 bits per heavy atom. The molecule has 4 rings (SSSR count). The van der Waals surface area contributed by atoms with Gasteiger partial charge in [0, 0.05) is 12.5 Å². The summed E-state index contributed by atoms with van der Waals surface area (Å²) in [6.45, 7) is 2.37. The smallest absolute Gasteiger partial charge is 0.407 e. The van der Waals surface area contributed by atoms with Gasteiger partial charge in [0.15, 0.2) is 0 Å². The van der Waals surface area contributed by atoms with E-state index >= 15 is 0 Å². The van der Waals surface area contributed by atoms with E-state index in [0.717, 1.165) is 22.7 Å². The molecule has 1 aliphatic rings. The summed E-state index contributed by atoms with van der Waals surface area (Å²) in [5.74, 6) is -1.52. The van der Waals surface area contributed by atoms with Crippen LogP contribution in [0.5, 0.6) is 0 Å². The van der Waals surface area contributed by atoms with Crippen LogP contribution in [0.2, 0.25) is 0 Å². The van der Waals surface area contributed by atoms with Crippen molar-refractivity contribution in [3.05, 3.63) is 70.9 Å².